The van der Waals surface area contributed by atoms with Crippen molar-refractivity contribution in [3.8, 4) is 0 Å². The Morgan fingerprint density at radius 3 is 2.60 bits per heavy atom. The van der Waals surface area contributed by atoms with Gasteiger partial charge in [-0.15, -0.1) is 0 Å². The monoisotopic (exact) mass is 299 g/mol. The lowest BCUT2D eigenvalue weighted by atomic mass is 9.78. The van der Waals surface area contributed by atoms with Crippen molar-refractivity contribution >= 4 is 11.6 Å². The number of ether oxygens (including phenoxy) is 1. The van der Waals surface area contributed by atoms with Crippen LogP contribution in [0.5, 0.6) is 0 Å². The van der Waals surface area contributed by atoms with Crippen LogP contribution in [0.15, 0.2) is 0 Å². The van der Waals surface area contributed by atoms with Crippen LogP contribution in [0.1, 0.15) is 50.4 Å². The van der Waals surface area contributed by atoms with Crippen LogP contribution >= 0.6 is 11.6 Å². The van der Waals surface area contributed by atoms with Crippen molar-refractivity contribution in [1.82, 2.24) is 9.78 Å². The fraction of sp³-hybridized carbons (Fsp3) is 0.800. The highest BCUT2D eigenvalue weighted by Crippen LogP contribution is 2.35. The minimum Gasteiger partial charge on any atom is -0.377 e. The largest absolute Gasteiger partial charge is 0.377 e. The Bertz CT molecular complexity index is 452. The number of aryl methyl sites for hydroxylation is 2. The molecule has 1 unspecified atom stereocenters. The quantitative estimate of drug-likeness (QED) is 0.909. The molecule has 1 aromatic rings. The van der Waals surface area contributed by atoms with Crippen LogP contribution in [-0.4, -0.2) is 28.5 Å². The normalized spacial score (nSPS) is 20.1. The van der Waals surface area contributed by atoms with Gasteiger partial charge in [0.25, 0.3) is 0 Å². The van der Waals surface area contributed by atoms with Gasteiger partial charge < -0.3 is 10.5 Å². The van der Waals surface area contributed by atoms with Crippen molar-refractivity contribution < 1.29 is 4.74 Å². The van der Waals surface area contributed by atoms with Crippen molar-refractivity contribution in [1.29, 1.82) is 0 Å². The molecule has 1 aliphatic carbocycles. The van der Waals surface area contributed by atoms with Gasteiger partial charge in [0.15, 0.2) is 0 Å². The summed E-state index contributed by atoms with van der Waals surface area (Å²) in [6.45, 7) is 4.83. The molecule has 1 fully saturated rings. The standard InChI is InChI=1S/C15H26ClN3O/c1-4-19-12(14(16)11(2)18-19)10-13(17)15(20-3)8-6-5-7-9-15/h13H,4-10,17H2,1-3H3. The maximum Gasteiger partial charge on any atom is 0.0847 e. The highest BCUT2D eigenvalue weighted by Gasteiger charge is 2.38. The first-order chi connectivity index (χ1) is 9.54. The number of aromatic nitrogens is 2. The summed E-state index contributed by atoms with van der Waals surface area (Å²) in [4.78, 5) is 0. The van der Waals surface area contributed by atoms with Gasteiger partial charge in [-0.05, 0) is 26.7 Å². The van der Waals surface area contributed by atoms with Gasteiger partial charge >= 0.3 is 0 Å². The van der Waals surface area contributed by atoms with Crippen molar-refractivity contribution in [3.63, 3.8) is 0 Å². The summed E-state index contributed by atoms with van der Waals surface area (Å²) in [5.41, 5.74) is 8.23. The molecular weight excluding hydrogens is 274 g/mol. The van der Waals surface area contributed by atoms with Gasteiger partial charge in [0.2, 0.25) is 0 Å². The number of rotatable bonds is 5. The Hall–Kier alpha value is -0.580. The van der Waals surface area contributed by atoms with Crippen LogP contribution in [0.2, 0.25) is 5.02 Å². The first-order valence-electron chi connectivity index (χ1n) is 7.56. The van der Waals surface area contributed by atoms with Gasteiger partial charge in [0.05, 0.1) is 22.0 Å². The van der Waals surface area contributed by atoms with E-state index >= 15 is 0 Å². The van der Waals surface area contributed by atoms with Crippen molar-refractivity contribution in [3.05, 3.63) is 16.4 Å². The topological polar surface area (TPSA) is 53.1 Å². The lowest BCUT2D eigenvalue weighted by Crippen LogP contribution is -2.52. The summed E-state index contributed by atoms with van der Waals surface area (Å²) >= 11 is 6.38. The van der Waals surface area contributed by atoms with Crippen LogP contribution in [0.3, 0.4) is 0 Å². The number of hydrogen-bond donors (Lipinski definition) is 1. The molecular formula is C15H26ClN3O. The first-order valence-corrected chi connectivity index (χ1v) is 7.94. The third kappa shape index (κ3) is 2.87. The molecule has 0 radical (unpaired) electrons. The SMILES string of the molecule is CCn1nc(C)c(Cl)c1CC(N)C1(OC)CCCCC1. The van der Waals surface area contributed by atoms with E-state index in [9.17, 15) is 0 Å². The Labute approximate surface area is 126 Å². The van der Waals surface area contributed by atoms with Gasteiger partial charge in [-0.2, -0.15) is 5.10 Å². The van der Waals surface area contributed by atoms with E-state index in [4.69, 9.17) is 22.1 Å². The summed E-state index contributed by atoms with van der Waals surface area (Å²) in [6, 6.07) is -0.0355. The van der Waals surface area contributed by atoms with E-state index in [0.29, 0.717) is 0 Å². The summed E-state index contributed by atoms with van der Waals surface area (Å²) in [7, 11) is 1.79. The molecule has 1 atom stereocenters. The molecule has 2 rings (SSSR count). The van der Waals surface area contributed by atoms with E-state index < -0.39 is 0 Å². The minimum absolute atomic E-state index is 0.0355. The Morgan fingerprint density at radius 1 is 1.40 bits per heavy atom. The molecule has 1 aliphatic rings. The number of halogens is 1. The fourth-order valence-electron chi connectivity index (χ4n) is 3.33. The zero-order valence-corrected chi connectivity index (χ0v) is 13.5. The predicted molar refractivity (Wildman–Crippen MR) is 82.2 cm³/mol. The Balaban J connectivity index is 2.20. The molecule has 0 aliphatic heterocycles. The van der Waals surface area contributed by atoms with Crippen LogP contribution < -0.4 is 5.73 Å². The third-order valence-corrected chi connectivity index (χ3v) is 5.14. The highest BCUT2D eigenvalue weighted by molar-refractivity contribution is 6.31. The predicted octanol–water partition coefficient (Wildman–Crippen LogP) is 3.08. The van der Waals surface area contributed by atoms with Gasteiger partial charge in [0, 0.05) is 26.1 Å². The van der Waals surface area contributed by atoms with Crippen molar-refractivity contribution in [2.24, 2.45) is 5.73 Å². The summed E-state index contributed by atoms with van der Waals surface area (Å²) in [5.74, 6) is 0. The molecule has 20 heavy (non-hydrogen) atoms. The zero-order valence-electron chi connectivity index (χ0n) is 12.8. The molecule has 1 aromatic heterocycles. The van der Waals surface area contributed by atoms with E-state index in [-0.39, 0.29) is 11.6 Å². The van der Waals surface area contributed by atoms with E-state index in [1.165, 1.54) is 19.3 Å². The summed E-state index contributed by atoms with van der Waals surface area (Å²) in [6.07, 6.45) is 6.48. The van der Waals surface area contributed by atoms with Crippen LogP contribution in [0, 0.1) is 6.92 Å². The van der Waals surface area contributed by atoms with Crippen LogP contribution in [-0.2, 0) is 17.7 Å². The van der Waals surface area contributed by atoms with E-state index in [1.807, 2.05) is 11.6 Å². The van der Waals surface area contributed by atoms with Gasteiger partial charge in [-0.3, -0.25) is 4.68 Å². The number of hydrogen-bond acceptors (Lipinski definition) is 3. The number of nitrogens with two attached hydrogens (primary N) is 1. The maximum atomic E-state index is 6.50. The minimum atomic E-state index is -0.196. The second-order valence-corrected chi connectivity index (χ2v) is 6.18. The smallest absolute Gasteiger partial charge is 0.0847 e. The molecule has 5 heteroatoms. The van der Waals surface area contributed by atoms with Crippen molar-refractivity contribution in [2.75, 3.05) is 7.11 Å². The van der Waals surface area contributed by atoms with E-state index in [0.717, 1.165) is 42.2 Å². The summed E-state index contributed by atoms with van der Waals surface area (Å²) in [5, 5.41) is 5.22. The molecule has 0 aromatic carbocycles. The second kappa shape index (κ2) is 6.46. The Kier molecular flexibility index (Phi) is 5.10. The number of nitrogens with zero attached hydrogens (tertiary/aromatic N) is 2. The average Bonchev–Trinajstić information content (AvgIpc) is 2.75. The van der Waals surface area contributed by atoms with Gasteiger partial charge in [-0.25, -0.2) is 0 Å². The van der Waals surface area contributed by atoms with Gasteiger partial charge in [-0.1, -0.05) is 30.9 Å². The van der Waals surface area contributed by atoms with E-state index in [1.54, 1.807) is 7.11 Å². The van der Waals surface area contributed by atoms with Crippen molar-refractivity contribution in [2.45, 2.75) is 70.6 Å². The highest BCUT2D eigenvalue weighted by atomic mass is 35.5. The third-order valence-electron chi connectivity index (χ3n) is 4.65. The molecule has 0 saturated heterocycles. The molecule has 2 N–H and O–H groups in total. The molecule has 1 heterocycles. The van der Waals surface area contributed by atoms with Gasteiger partial charge in [0.1, 0.15) is 0 Å². The molecule has 0 spiro atoms. The number of methoxy groups -OCH3 is 1. The molecule has 1 saturated carbocycles. The van der Waals surface area contributed by atoms with Crippen LogP contribution in [0.4, 0.5) is 0 Å². The first kappa shape index (κ1) is 15.8. The van der Waals surface area contributed by atoms with Crippen LogP contribution in [0.25, 0.3) is 0 Å². The lowest BCUT2D eigenvalue weighted by molar-refractivity contribution is -0.0586. The molecule has 0 amide bonds. The average molecular weight is 300 g/mol. The zero-order chi connectivity index (χ0) is 14.8. The van der Waals surface area contributed by atoms with E-state index in [2.05, 4.69) is 12.0 Å². The molecule has 0 bridgehead atoms. The maximum absolute atomic E-state index is 6.50. The summed E-state index contributed by atoms with van der Waals surface area (Å²) < 4.78 is 7.80. The second-order valence-electron chi connectivity index (χ2n) is 5.80. The fourth-order valence-corrected chi connectivity index (χ4v) is 3.55. The lowest BCUT2D eigenvalue weighted by Gasteiger charge is -2.40. The molecule has 4 nitrogen and oxygen atoms in total. The Morgan fingerprint density at radius 2 is 2.05 bits per heavy atom. The molecule has 114 valence electrons.